The van der Waals surface area contributed by atoms with Crippen molar-refractivity contribution in [3.8, 4) is 0 Å². The monoisotopic (exact) mass is 148 g/mol. The summed E-state index contributed by atoms with van der Waals surface area (Å²) in [7, 11) is -0.0136. The average Bonchev–Trinajstić information content (AvgIpc) is 2.12. The molecule has 8 heavy (non-hydrogen) atoms. The molecule has 4 heteroatoms. The summed E-state index contributed by atoms with van der Waals surface area (Å²) in [6.45, 7) is 0. The van der Waals surface area contributed by atoms with Crippen LogP contribution >= 0.6 is 22.2 Å². The third-order valence-electron chi connectivity index (χ3n) is 0.731. The van der Waals surface area contributed by atoms with Gasteiger partial charge in [-0.3, -0.25) is 0 Å². The number of hydrogen-bond donors (Lipinski definition) is 1. The lowest BCUT2D eigenvalue weighted by Crippen LogP contribution is -1.74. The summed E-state index contributed by atoms with van der Waals surface area (Å²) in [5, 5.41) is 7.64. The fourth-order valence-electron chi connectivity index (χ4n) is 0.362. The van der Waals surface area contributed by atoms with Gasteiger partial charge < -0.3 is 0 Å². The lowest BCUT2D eigenvalue weighted by molar-refractivity contribution is 1.01. The van der Waals surface area contributed by atoms with Crippen molar-refractivity contribution in [1.82, 2.24) is 10.2 Å². The summed E-state index contributed by atoms with van der Waals surface area (Å²) >= 11 is 1.64. The molecule has 0 aromatic carbocycles. The van der Waals surface area contributed by atoms with Crippen LogP contribution in [0.4, 0.5) is 0 Å². The summed E-state index contributed by atoms with van der Waals surface area (Å²) in [6, 6.07) is 0. The van der Waals surface area contributed by atoms with E-state index in [0.29, 0.717) is 0 Å². The normalized spacial score (nSPS) is 11.5. The molecule has 0 bridgehead atoms. The molecule has 1 heterocycles. The lowest BCUT2D eigenvalue weighted by atomic mass is 11.6. The zero-order valence-corrected chi connectivity index (χ0v) is 6.54. The number of hydrogen-bond acceptors (Lipinski definition) is 3. The van der Waals surface area contributed by atoms with Crippen molar-refractivity contribution in [3.63, 3.8) is 0 Å². The van der Waals surface area contributed by atoms with Crippen molar-refractivity contribution in [3.05, 3.63) is 5.51 Å². The summed E-state index contributed by atoms with van der Waals surface area (Å²) in [5.74, 6) is 0. The zero-order valence-electron chi connectivity index (χ0n) is 4.83. The van der Waals surface area contributed by atoms with Crippen molar-refractivity contribution in [2.75, 3.05) is 12.5 Å². The van der Waals surface area contributed by atoms with Gasteiger partial charge in [-0.2, -0.15) is 0 Å². The van der Waals surface area contributed by atoms with Gasteiger partial charge in [0, 0.05) is 0 Å². The summed E-state index contributed by atoms with van der Waals surface area (Å²) in [4.78, 5) is 0. The van der Waals surface area contributed by atoms with Crippen LogP contribution in [0.5, 0.6) is 0 Å². The fraction of sp³-hybridized carbons (Fsp3) is 0.500. The average molecular weight is 148 g/mol. The first-order valence-electron chi connectivity index (χ1n) is 2.24. The third kappa shape index (κ3) is 1.20. The first-order chi connectivity index (χ1) is 3.80. The molecule has 0 spiro atoms. The van der Waals surface area contributed by atoms with Crippen molar-refractivity contribution in [2.24, 2.45) is 0 Å². The van der Waals surface area contributed by atoms with E-state index in [-0.39, 0.29) is 10.9 Å². The van der Waals surface area contributed by atoms with E-state index < -0.39 is 0 Å². The molecular formula is C4H8N2S2. The fourth-order valence-corrected chi connectivity index (χ4v) is 1.86. The standard InChI is InChI=1S/C4H8N2S2/c1-8(2)4-6-5-3-7-4/h3,8H,1-2H3. The predicted octanol–water partition coefficient (Wildman–Crippen LogP) is 1.16. The molecule has 1 aromatic heterocycles. The van der Waals surface area contributed by atoms with E-state index in [0.717, 1.165) is 0 Å². The maximum absolute atomic E-state index is 3.91. The van der Waals surface area contributed by atoms with Gasteiger partial charge in [-0.15, -0.1) is 10.2 Å². The van der Waals surface area contributed by atoms with E-state index >= 15 is 0 Å². The molecule has 0 radical (unpaired) electrons. The molecule has 0 amide bonds. The van der Waals surface area contributed by atoms with Crippen LogP contribution in [0.3, 0.4) is 0 Å². The van der Waals surface area contributed by atoms with Crippen LogP contribution in [0.15, 0.2) is 9.85 Å². The zero-order chi connectivity index (χ0) is 5.98. The van der Waals surface area contributed by atoms with Gasteiger partial charge in [0.25, 0.3) is 0 Å². The van der Waals surface area contributed by atoms with Gasteiger partial charge in [0.15, 0.2) is 4.34 Å². The highest BCUT2D eigenvalue weighted by Gasteiger charge is 1.95. The van der Waals surface area contributed by atoms with Crippen molar-refractivity contribution in [2.45, 2.75) is 4.34 Å². The van der Waals surface area contributed by atoms with Gasteiger partial charge in [-0.1, -0.05) is 11.3 Å². The predicted molar refractivity (Wildman–Crippen MR) is 39.0 cm³/mol. The van der Waals surface area contributed by atoms with Crippen LogP contribution in [0, 0.1) is 0 Å². The SMILES string of the molecule is C[SH](C)c1nncs1. The largest absolute Gasteiger partial charge is 0.205 e. The highest BCUT2D eigenvalue weighted by atomic mass is 32.2. The summed E-state index contributed by atoms with van der Waals surface area (Å²) in [6.07, 6.45) is 4.35. The Balaban J connectivity index is 2.77. The maximum Gasteiger partial charge on any atom is 0.153 e. The summed E-state index contributed by atoms with van der Waals surface area (Å²) < 4.78 is 1.18. The van der Waals surface area contributed by atoms with Crippen molar-refractivity contribution >= 4 is 22.2 Å². The Morgan fingerprint density at radius 1 is 1.62 bits per heavy atom. The molecule has 0 saturated carbocycles. The molecule has 0 fully saturated rings. The van der Waals surface area contributed by atoms with E-state index in [1.54, 1.807) is 16.8 Å². The van der Waals surface area contributed by atoms with Gasteiger partial charge in [-0.25, -0.2) is 10.9 Å². The maximum atomic E-state index is 3.91. The van der Waals surface area contributed by atoms with Crippen LogP contribution in [-0.2, 0) is 0 Å². The second kappa shape index (κ2) is 2.46. The topological polar surface area (TPSA) is 25.8 Å². The minimum atomic E-state index is -0.0136. The van der Waals surface area contributed by atoms with Crippen LogP contribution in [0.25, 0.3) is 0 Å². The second-order valence-corrected chi connectivity index (χ2v) is 4.96. The van der Waals surface area contributed by atoms with Gasteiger partial charge in [0.1, 0.15) is 5.51 Å². The molecule has 0 aliphatic carbocycles. The molecule has 2 nitrogen and oxygen atoms in total. The van der Waals surface area contributed by atoms with Crippen LogP contribution in [0.2, 0.25) is 0 Å². The number of aromatic nitrogens is 2. The molecule has 0 aliphatic rings. The molecule has 46 valence electrons. The molecule has 0 N–H and O–H groups in total. The third-order valence-corrected chi connectivity index (χ3v) is 3.49. The van der Waals surface area contributed by atoms with Crippen LogP contribution in [-0.4, -0.2) is 22.7 Å². The molecule has 0 saturated heterocycles. The summed E-state index contributed by atoms with van der Waals surface area (Å²) in [5.41, 5.74) is 1.78. The minimum Gasteiger partial charge on any atom is -0.205 e. The van der Waals surface area contributed by atoms with E-state index in [4.69, 9.17) is 0 Å². The van der Waals surface area contributed by atoms with Gasteiger partial charge in [-0.05, 0) is 12.5 Å². The van der Waals surface area contributed by atoms with Gasteiger partial charge >= 0.3 is 0 Å². The Morgan fingerprint density at radius 2 is 2.38 bits per heavy atom. The highest BCUT2D eigenvalue weighted by Crippen LogP contribution is 2.28. The minimum absolute atomic E-state index is 0.0136. The number of thiol groups is 1. The van der Waals surface area contributed by atoms with Crippen LogP contribution in [0.1, 0.15) is 0 Å². The lowest BCUT2D eigenvalue weighted by Gasteiger charge is -1.98. The molecule has 1 aromatic rings. The number of nitrogens with zero attached hydrogens (tertiary/aromatic N) is 2. The Kier molecular flexibility index (Phi) is 1.85. The molecule has 1 rings (SSSR count). The van der Waals surface area contributed by atoms with Gasteiger partial charge in [0.2, 0.25) is 0 Å². The van der Waals surface area contributed by atoms with Gasteiger partial charge in [0.05, 0.1) is 0 Å². The Morgan fingerprint density at radius 3 is 2.62 bits per heavy atom. The Bertz CT molecular complexity index is 147. The van der Waals surface area contributed by atoms with Crippen molar-refractivity contribution in [1.29, 1.82) is 0 Å². The molecule has 0 aliphatic heterocycles. The molecule has 0 atom stereocenters. The highest BCUT2D eigenvalue weighted by molar-refractivity contribution is 8.17. The molecular weight excluding hydrogens is 140 g/mol. The van der Waals surface area contributed by atoms with E-state index in [2.05, 4.69) is 22.7 Å². The first kappa shape index (κ1) is 6.04. The first-order valence-corrected chi connectivity index (χ1v) is 5.36. The van der Waals surface area contributed by atoms with E-state index in [1.807, 2.05) is 0 Å². The molecule has 0 unspecified atom stereocenters. The number of rotatable bonds is 1. The van der Waals surface area contributed by atoms with Crippen LogP contribution < -0.4 is 0 Å². The smallest absolute Gasteiger partial charge is 0.153 e. The second-order valence-electron chi connectivity index (χ2n) is 1.62. The Hall–Kier alpha value is -0.0900. The van der Waals surface area contributed by atoms with E-state index in [1.165, 1.54) is 4.34 Å². The Labute approximate surface area is 55.3 Å². The van der Waals surface area contributed by atoms with Crippen molar-refractivity contribution < 1.29 is 0 Å². The quantitative estimate of drug-likeness (QED) is 0.605. The van der Waals surface area contributed by atoms with E-state index in [9.17, 15) is 0 Å².